The number of carbonyl (C=O) groups is 2. The van der Waals surface area contributed by atoms with Crippen LogP contribution in [0.25, 0.3) is 0 Å². The lowest BCUT2D eigenvalue weighted by atomic mass is 10.1. The van der Waals surface area contributed by atoms with Crippen LogP contribution < -0.4 is 10.2 Å². The lowest BCUT2D eigenvalue weighted by Crippen LogP contribution is -2.42. The molecule has 0 saturated carbocycles. The number of nitrogens with zero attached hydrogens (tertiary/aromatic N) is 1. The molecule has 4 nitrogen and oxygen atoms in total. The van der Waals surface area contributed by atoms with E-state index in [1.165, 1.54) is 0 Å². The van der Waals surface area contributed by atoms with Crippen molar-refractivity contribution in [1.29, 1.82) is 0 Å². The summed E-state index contributed by atoms with van der Waals surface area (Å²) in [7, 11) is 0. The first kappa shape index (κ1) is 16.5. The van der Waals surface area contributed by atoms with Gasteiger partial charge in [0.1, 0.15) is 6.04 Å². The van der Waals surface area contributed by atoms with Crippen molar-refractivity contribution in [2.75, 3.05) is 11.4 Å². The van der Waals surface area contributed by atoms with Crippen molar-refractivity contribution >= 4 is 29.1 Å². The highest BCUT2D eigenvalue weighted by atomic mass is 35.5. The number of nitrogens with one attached hydrogen (secondary N) is 1. The zero-order valence-corrected chi connectivity index (χ0v) is 14.2. The van der Waals surface area contributed by atoms with Gasteiger partial charge in [0.2, 0.25) is 11.8 Å². The molecule has 2 aromatic rings. The molecule has 1 atom stereocenters. The lowest BCUT2D eigenvalue weighted by molar-refractivity contribution is -0.126. The van der Waals surface area contributed by atoms with Crippen LogP contribution in [0.1, 0.15) is 17.5 Å². The van der Waals surface area contributed by atoms with Crippen LogP contribution in [-0.4, -0.2) is 24.4 Å². The molecule has 24 heavy (non-hydrogen) atoms. The Morgan fingerprint density at radius 2 is 1.83 bits per heavy atom. The summed E-state index contributed by atoms with van der Waals surface area (Å²) >= 11 is 5.84. The van der Waals surface area contributed by atoms with Gasteiger partial charge in [-0.05, 0) is 43.2 Å². The summed E-state index contributed by atoms with van der Waals surface area (Å²) in [5, 5.41) is 3.48. The number of halogens is 1. The Labute approximate surface area is 146 Å². The molecular weight excluding hydrogens is 324 g/mol. The molecule has 124 valence electrons. The van der Waals surface area contributed by atoms with E-state index in [0.29, 0.717) is 18.0 Å². The molecule has 0 radical (unpaired) electrons. The molecule has 3 rings (SSSR count). The Morgan fingerprint density at radius 1 is 1.17 bits per heavy atom. The number of hydrogen-bond acceptors (Lipinski definition) is 2. The third-order valence-corrected chi connectivity index (χ3v) is 4.42. The van der Waals surface area contributed by atoms with E-state index in [-0.39, 0.29) is 18.2 Å². The largest absolute Gasteiger partial charge is 0.344 e. The van der Waals surface area contributed by atoms with Gasteiger partial charge < -0.3 is 10.2 Å². The van der Waals surface area contributed by atoms with Crippen LogP contribution in [0.3, 0.4) is 0 Å². The maximum Gasteiger partial charge on any atom is 0.249 e. The average Bonchev–Trinajstić information content (AvgIpc) is 2.91. The summed E-state index contributed by atoms with van der Waals surface area (Å²) in [4.78, 5) is 26.4. The number of amides is 2. The quantitative estimate of drug-likeness (QED) is 0.928. The van der Waals surface area contributed by atoms with E-state index >= 15 is 0 Å². The first-order valence-electron chi connectivity index (χ1n) is 7.95. The van der Waals surface area contributed by atoms with Crippen molar-refractivity contribution in [3.05, 3.63) is 64.7 Å². The molecule has 1 saturated heterocycles. The fourth-order valence-electron chi connectivity index (χ4n) is 2.83. The van der Waals surface area contributed by atoms with Gasteiger partial charge in [-0.15, -0.1) is 0 Å². The zero-order chi connectivity index (χ0) is 17.1. The second-order valence-corrected chi connectivity index (χ2v) is 6.47. The van der Waals surface area contributed by atoms with Crippen molar-refractivity contribution in [2.24, 2.45) is 0 Å². The summed E-state index contributed by atoms with van der Waals surface area (Å²) in [5.74, 6) is -0.204. The monoisotopic (exact) mass is 342 g/mol. The second-order valence-electron chi connectivity index (χ2n) is 6.04. The Balaban J connectivity index is 1.60. The highest BCUT2D eigenvalue weighted by Gasteiger charge is 2.33. The van der Waals surface area contributed by atoms with Crippen LogP contribution in [0, 0.1) is 6.92 Å². The molecule has 2 aromatic carbocycles. The summed E-state index contributed by atoms with van der Waals surface area (Å²) < 4.78 is 0. The standard InChI is InChI=1S/C19H19ClN2O2/c1-13-2-8-16(9-3-13)22-11-10-17(19(22)24)21-18(23)12-14-4-6-15(20)7-5-14/h2-9,17H,10-12H2,1H3,(H,21,23)/t17-/m0/s1. The van der Waals surface area contributed by atoms with Gasteiger partial charge in [-0.25, -0.2) is 0 Å². The van der Waals surface area contributed by atoms with Gasteiger partial charge in [-0.3, -0.25) is 9.59 Å². The van der Waals surface area contributed by atoms with Gasteiger partial charge in [0.15, 0.2) is 0 Å². The normalized spacial score (nSPS) is 17.2. The van der Waals surface area contributed by atoms with Crippen LogP contribution >= 0.6 is 11.6 Å². The van der Waals surface area contributed by atoms with E-state index < -0.39 is 6.04 Å². The van der Waals surface area contributed by atoms with Crippen LogP contribution in [0.5, 0.6) is 0 Å². The van der Waals surface area contributed by atoms with Gasteiger partial charge in [-0.1, -0.05) is 41.4 Å². The molecule has 0 bridgehead atoms. The summed E-state index contributed by atoms with van der Waals surface area (Å²) in [5.41, 5.74) is 2.90. The van der Waals surface area contributed by atoms with E-state index in [4.69, 9.17) is 11.6 Å². The van der Waals surface area contributed by atoms with Gasteiger partial charge in [-0.2, -0.15) is 0 Å². The molecule has 1 aliphatic heterocycles. The van der Waals surface area contributed by atoms with Crippen LogP contribution in [0.15, 0.2) is 48.5 Å². The lowest BCUT2D eigenvalue weighted by Gasteiger charge is -2.17. The minimum Gasteiger partial charge on any atom is -0.344 e. The van der Waals surface area contributed by atoms with E-state index in [1.807, 2.05) is 43.3 Å². The van der Waals surface area contributed by atoms with Crippen molar-refractivity contribution in [1.82, 2.24) is 5.32 Å². The minimum atomic E-state index is -0.453. The van der Waals surface area contributed by atoms with Crippen molar-refractivity contribution in [2.45, 2.75) is 25.8 Å². The Hall–Kier alpha value is -2.33. The minimum absolute atomic E-state index is 0.0525. The molecule has 0 spiro atoms. The molecule has 0 aliphatic carbocycles. The average molecular weight is 343 g/mol. The molecule has 2 amide bonds. The number of anilines is 1. The van der Waals surface area contributed by atoms with Gasteiger partial charge in [0.05, 0.1) is 6.42 Å². The summed E-state index contributed by atoms with van der Waals surface area (Å²) in [6.45, 7) is 2.63. The first-order valence-corrected chi connectivity index (χ1v) is 8.32. The summed E-state index contributed by atoms with van der Waals surface area (Å²) in [6, 6.07) is 14.5. The van der Waals surface area contributed by atoms with Gasteiger partial charge >= 0.3 is 0 Å². The highest BCUT2D eigenvalue weighted by Crippen LogP contribution is 2.22. The van der Waals surface area contributed by atoms with Crippen LogP contribution in [0.4, 0.5) is 5.69 Å². The predicted octanol–water partition coefficient (Wildman–Crippen LogP) is 3.11. The molecule has 0 aromatic heterocycles. The van der Waals surface area contributed by atoms with E-state index in [1.54, 1.807) is 17.0 Å². The maximum atomic E-state index is 12.5. The number of hydrogen-bond donors (Lipinski definition) is 1. The van der Waals surface area contributed by atoms with Crippen molar-refractivity contribution < 1.29 is 9.59 Å². The number of aryl methyl sites for hydroxylation is 1. The van der Waals surface area contributed by atoms with E-state index in [0.717, 1.165) is 16.8 Å². The molecule has 1 aliphatic rings. The fourth-order valence-corrected chi connectivity index (χ4v) is 2.95. The summed E-state index contributed by atoms with van der Waals surface area (Å²) in [6.07, 6.45) is 0.866. The Morgan fingerprint density at radius 3 is 2.50 bits per heavy atom. The molecule has 1 N–H and O–H groups in total. The van der Waals surface area contributed by atoms with Gasteiger partial charge in [0, 0.05) is 17.3 Å². The Kier molecular flexibility index (Phi) is 4.86. The van der Waals surface area contributed by atoms with Gasteiger partial charge in [0.25, 0.3) is 0 Å². The third kappa shape index (κ3) is 3.77. The third-order valence-electron chi connectivity index (χ3n) is 4.16. The molecule has 5 heteroatoms. The fraction of sp³-hybridized carbons (Fsp3) is 0.263. The van der Waals surface area contributed by atoms with Crippen LogP contribution in [-0.2, 0) is 16.0 Å². The van der Waals surface area contributed by atoms with Crippen molar-refractivity contribution in [3.8, 4) is 0 Å². The smallest absolute Gasteiger partial charge is 0.249 e. The van der Waals surface area contributed by atoms with Crippen molar-refractivity contribution in [3.63, 3.8) is 0 Å². The topological polar surface area (TPSA) is 49.4 Å². The number of carbonyl (C=O) groups excluding carboxylic acids is 2. The Bertz CT molecular complexity index is 741. The zero-order valence-electron chi connectivity index (χ0n) is 13.5. The number of rotatable bonds is 4. The number of benzene rings is 2. The predicted molar refractivity (Wildman–Crippen MR) is 95.2 cm³/mol. The second kappa shape index (κ2) is 7.05. The first-order chi connectivity index (χ1) is 11.5. The molecule has 1 fully saturated rings. The highest BCUT2D eigenvalue weighted by molar-refractivity contribution is 6.30. The van der Waals surface area contributed by atoms with Crippen LogP contribution in [0.2, 0.25) is 5.02 Å². The molecule has 0 unspecified atom stereocenters. The molecule has 1 heterocycles. The van der Waals surface area contributed by atoms with E-state index in [2.05, 4.69) is 5.32 Å². The maximum absolute atomic E-state index is 12.5. The SMILES string of the molecule is Cc1ccc(N2CC[C@H](NC(=O)Cc3ccc(Cl)cc3)C2=O)cc1. The molecular formula is C19H19ClN2O2. The van der Waals surface area contributed by atoms with E-state index in [9.17, 15) is 9.59 Å².